The van der Waals surface area contributed by atoms with Crippen LogP contribution in [0, 0.1) is 0 Å². The van der Waals surface area contributed by atoms with Crippen LogP contribution in [-0.2, 0) is 12.4 Å². The Morgan fingerprint density at radius 3 is 2.69 bits per heavy atom. The Balaban J connectivity index is 1.34. The number of pyridine rings is 1. The SMILES string of the molecule is NC(=O)n1cc(C(=O)c2ccn3c2CSC3c2cccnc2)c2ccc(OCc3ccccc3)cc21. The quantitative estimate of drug-likeness (QED) is 0.321. The highest BCUT2D eigenvalue weighted by Gasteiger charge is 2.30. The minimum Gasteiger partial charge on any atom is -0.489 e. The van der Waals surface area contributed by atoms with Gasteiger partial charge in [0.2, 0.25) is 0 Å². The van der Waals surface area contributed by atoms with Crippen LogP contribution < -0.4 is 10.5 Å². The average molecular weight is 495 g/mol. The maximum Gasteiger partial charge on any atom is 0.323 e. The molecule has 3 aromatic heterocycles. The van der Waals surface area contributed by atoms with E-state index >= 15 is 0 Å². The number of fused-ring (bicyclic) bond motifs is 2. The van der Waals surface area contributed by atoms with Gasteiger partial charge in [-0.2, -0.15) is 0 Å². The molecule has 8 heteroatoms. The molecule has 4 heterocycles. The van der Waals surface area contributed by atoms with E-state index < -0.39 is 6.03 Å². The molecule has 1 atom stereocenters. The molecule has 6 rings (SSSR count). The Labute approximate surface area is 211 Å². The molecule has 7 nitrogen and oxygen atoms in total. The van der Waals surface area contributed by atoms with Crippen molar-refractivity contribution in [3.8, 4) is 5.75 Å². The molecule has 36 heavy (non-hydrogen) atoms. The van der Waals surface area contributed by atoms with Crippen LogP contribution in [0.4, 0.5) is 4.79 Å². The van der Waals surface area contributed by atoms with Crippen LogP contribution in [0.5, 0.6) is 5.75 Å². The number of hydrogen-bond acceptors (Lipinski definition) is 5. The first-order valence-electron chi connectivity index (χ1n) is 11.5. The fraction of sp³-hybridized carbons (Fsp3) is 0.107. The number of ether oxygens (including phenoxy) is 1. The lowest BCUT2D eigenvalue weighted by molar-refractivity contribution is 0.103. The van der Waals surface area contributed by atoms with Crippen molar-refractivity contribution in [1.29, 1.82) is 0 Å². The van der Waals surface area contributed by atoms with E-state index in [0.717, 1.165) is 16.8 Å². The number of thioether (sulfide) groups is 1. The van der Waals surface area contributed by atoms with Crippen molar-refractivity contribution in [2.24, 2.45) is 5.73 Å². The van der Waals surface area contributed by atoms with Crippen molar-refractivity contribution >= 4 is 34.5 Å². The van der Waals surface area contributed by atoms with Crippen molar-refractivity contribution in [2.75, 3.05) is 0 Å². The second kappa shape index (κ2) is 9.05. The van der Waals surface area contributed by atoms with Gasteiger partial charge in [0, 0.05) is 64.4 Å². The van der Waals surface area contributed by atoms with E-state index in [1.54, 1.807) is 24.0 Å². The van der Waals surface area contributed by atoms with Crippen LogP contribution in [0.25, 0.3) is 10.9 Å². The van der Waals surface area contributed by atoms with Gasteiger partial charge in [-0.05, 0) is 29.8 Å². The van der Waals surface area contributed by atoms with Gasteiger partial charge >= 0.3 is 6.03 Å². The molecular formula is C28H22N4O3S. The van der Waals surface area contributed by atoms with E-state index in [2.05, 4.69) is 9.55 Å². The Morgan fingerprint density at radius 1 is 1.06 bits per heavy atom. The van der Waals surface area contributed by atoms with Crippen molar-refractivity contribution < 1.29 is 14.3 Å². The lowest BCUT2D eigenvalue weighted by Crippen LogP contribution is -2.18. The van der Waals surface area contributed by atoms with Gasteiger partial charge in [-0.1, -0.05) is 36.4 Å². The van der Waals surface area contributed by atoms with Gasteiger partial charge in [0.1, 0.15) is 17.7 Å². The van der Waals surface area contributed by atoms with Gasteiger partial charge in [-0.15, -0.1) is 11.8 Å². The second-order valence-corrected chi connectivity index (χ2v) is 9.63. The number of hydrogen-bond donors (Lipinski definition) is 1. The number of ketones is 1. The highest BCUT2D eigenvalue weighted by Crippen LogP contribution is 2.42. The van der Waals surface area contributed by atoms with Gasteiger partial charge in [-0.3, -0.25) is 14.3 Å². The van der Waals surface area contributed by atoms with Crippen LogP contribution in [-0.4, -0.2) is 25.9 Å². The fourth-order valence-electron chi connectivity index (χ4n) is 4.62. The normalized spacial score (nSPS) is 14.6. The van der Waals surface area contributed by atoms with Crippen molar-refractivity contribution in [3.05, 3.63) is 119 Å². The third-order valence-corrected chi connectivity index (χ3v) is 7.63. The Hall–Kier alpha value is -4.30. The lowest BCUT2D eigenvalue weighted by atomic mass is 10.0. The van der Waals surface area contributed by atoms with E-state index in [-0.39, 0.29) is 11.2 Å². The summed E-state index contributed by atoms with van der Waals surface area (Å²) in [7, 11) is 0. The van der Waals surface area contributed by atoms with Crippen LogP contribution in [0.3, 0.4) is 0 Å². The molecule has 0 aliphatic carbocycles. The van der Waals surface area contributed by atoms with Crippen LogP contribution in [0.2, 0.25) is 0 Å². The topological polar surface area (TPSA) is 92.1 Å². The van der Waals surface area contributed by atoms with Crippen LogP contribution in [0.15, 0.2) is 91.5 Å². The van der Waals surface area contributed by atoms with Gasteiger partial charge in [0.25, 0.3) is 0 Å². The van der Waals surface area contributed by atoms with Gasteiger partial charge < -0.3 is 15.0 Å². The molecule has 1 aliphatic heterocycles. The van der Waals surface area contributed by atoms with Crippen molar-refractivity contribution in [2.45, 2.75) is 17.7 Å². The standard InChI is InChI=1S/C28H22N4O3S/c29-28(34)32-15-23(21-9-8-20(13-24(21)32)35-16-18-5-2-1-3-6-18)26(33)22-10-12-31-25(22)17-36-27(31)19-7-4-11-30-14-19/h1-15,27H,16-17H2,(H2,29,34). The monoisotopic (exact) mass is 494 g/mol. The zero-order valence-electron chi connectivity index (χ0n) is 19.2. The number of carbonyl (C=O) groups is 2. The Kier molecular flexibility index (Phi) is 5.58. The molecule has 1 amide bonds. The smallest absolute Gasteiger partial charge is 0.323 e. The number of primary amides is 1. The molecule has 2 aromatic carbocycles. The summed E-state index contributed by atoms with van der Waals surface area (Å²) in [5.74, 6) is 1.16. The molecule has 1 aliphatic rings. The maximum absolute atomic E-state index is 13.7. The van der Waals surface area contributed by atoms with E-state index in [4.69, 9.17) is 10.5 Å². The summed E-state index contributed by atoms with van der Waals surface area (Å²) >= 11 is 1.75. The van der Waals surface area contributed by atoms with Crippen molar-refractivity contribution in [3.63, 3.8) is 0 Å². The third-order valence-electron chi connectivity index (χ3n) is 6.38. The molecule has 178 valence electrons. The fourth-order valence-corrected chi connectivity index (χ4v) is 5.93. The maximum atomic E-state index is 13.7. The number of aromatic nitrogens is 3. The zero-order valence-corrected chi connectivity index (χ0v) is 20.0. The zero-order chi connectivity index (χ0) is 24.6. The number of carbonyl (C=O) groups excluding carboxylic acids is 2. The summed E-state index contributed by atoms with van der Waals surface area (Å²) in [6, 6.07) is 20.3. The summed E-state index contributed by atoms with van der Waals surface area (Å²) in [6.07, 6.45) is 7.08. The highest BCUT2D eigenvalue weighted by atomic mass is 32.2. The van der Waals surface area contributed by atoms with E-state index in [0.29, 0.717) is 40.1 Å². The van der Waals surface area contributed by atoms with Crippen LogP contribution in [0.1, 0.15) is 38.1 Å². The first-order valence-corrected chi connectivity index (χ1v) is 12.5. The first kappa shape index (κ1) is 22.2. The number of benzene rings is 2. The molecule has 0 saturated heterocycles. The minimum absolute atomic E-state index is 0.0755. The lowest BCUT2D eigenvalue weighted by Gasteiger charge is -2.11. The number of nitrogens with two attached hydrogens (primary N) is 1. The largest absolute Gasteiger partial charge is 0.489 e. The number of rotatable bonds is 6. The molecule has 0 fully saturated rings. The molecular weight excluding hydrogens is 472 g/mol. The number of amides is 1. The summed E-state index contributed by atoms with van der Waals surface area (Å²) in [5, 5.41) is 0.729. The van der Waals surface area contributed by atoms with E-state index in [1.165, 1.54) is 10.8 Å². The predicted octanol–water partition coefficient (Wildman–Crippen LogP) is 5.37. The summed E-state index contributed by atoms with van der Waals surface area (Å²) in [5.41, 5.74) is 10.3. The summed E-state index contributed by atoms with van der Waals surface area (Å²) in [6.45, 7) is 0.391. The molecule has 0 bridgehead atoms. The Bertz CT molecular complexity index is 1590. The average Bonchev–Trinajstić information content (AvgIpc) is 3.61. The van der Waals surface area contributed by atoms with Gasteiger partial charge in [0.15, 0.2) is 5.78 Å². The molecule has 0 spiro atoms. The van der Waals surface area contributed by atoms with E-state index in [1.807, 2.05) is 73.1 Å². The molecule has 5 aromatic rings. The third kappa shape index (κ3) is 3.85. The Morgan fingerprint density at radius 2 is 1.92 bits per heavy atom. The molecule has 0 saturated carbocycles. The number of nitrogens with zero attached hydrogens (tertiary/aromatic N) is 3. The molecule has 2 N–H and O–H groups in total. The summed E-state index contributed by atoms with van der Waals surface area (Å²) < 4.78 is 9.36. The van der Waals surface area contributed by atoms with E-state index in [9.17, 15) is 9.59 Å². The summed E-state index contributed by atoms with van der Waals surface area (Å²) in [4.78, 5) is 30.2. The highest BCUT2D eigenvalue weighted by molar-refractivity contribution is 7.99. The molecule has 1 unspecified atom stereocenters. The van der Waals surface area contributed by atoms with Crippen molar-refractivity contribution in [1.82, 2.24) is 14.1 Å². The first-order chi connectivity index (χ1) is 17.6. The predicted molar refractivity (Wildman–Crippen MR) is 139 cm³/mol. The van der Waals surface area contributed by atoms with Gasteiger partial charge in [0.05, 0.1) is 5.52 Å². The second-order valence-electron chi connectivity index (χ2n) is 8.57. The van der Waals surface area contributed by atoms with Gasteiger partial charge in [-0.25, -0.2) is 4.79 Å². The molecule has 0 radical (unpaired) electrons. The minimum atomic E-state index is -0.659. The van der Waals surface area contributed by atoms with Crippen LogP contribution >= 0.6 is 11.8 Å².